The molecule has 5 fully saturated rings. The second-order valence-electron chi connectivity index (χ2n) is 11.4. The summed E-state index contributed by atoms with van der Waals surface area (Å²) in [6.07, 6.45) is 11.9. The average Bonchev–Trinajstić information content (AvgIpc) is 3.26. The summed E-state index contributed by atoms with van der Waals surface area (Å²) in [5.41, 5.74) is 0.964. The highest BCUT2D eigenvalue weighted by molar-refractivity contribution is 5.10. The fourth-order valence-electron chi connectivity index (χ4n) is 9.06. The van der Waals surface area contributed by atoms with Crippen molar-refractivity contribution in [1.82, 2.24) is 0 Å². The maximum absolute atomic E-state index is 9.80. The molecule has 1 spiro atoms. The van der Waals surface area contributed by atoms with E-state index in [0.717, 1.165) is 55.6 Å². The molecule has 0 bridgehead atoms. The standard InChI is InChI=1S/C24H40O3/c1-16(15-25)19-6-7-20-18-5-4-17-14-24(26-12-13-27-24)11-10-22(17,2)21(18)8-9-23(19,20)3/h16-21,25H,4-15H2,1-3H3/t16-,17-,18?,19-,20?,21?,22+,23-/m1/s1. The molecule has 3 nitrogen and oxygen atoms in total. The fraction of sp³-hybridized carbons (Fsp3) is 1.00. The summed E-state index contributed by atoms with van der Waals surface area (Å²) >= 11 is 0. The van der Waals surface area contributed by atoms with E-state index in [4.69, 9.17) is 9.47 Å². The Morgan fingerprint density at radius 1 is 0.889 bits per heavy atom. The predicted octanol–water partition coefficient (Wildman–Crippen LogP) is 5.02. The van der Waals surface area contributed by atoms with Gasteiger partial charge in [0.05, 0.1) is 13.2 Å². The SMILES string of the molecule is C[C@H](CO)[C@H]1CCC2C3CC[C@@H]4CC5(CC[C@]4(C)C3CC[C@@]21C)OCCO5. The average molecular weight is 377 g/mol. The first-order chi connectivity index (χ1) is 12.9. The molecule has 154 valence electrons. The van der Waals surface area contributed by atoms with Crippen LogP contribution >= 0.6 is 0 Å². The van der Waals surface area contributed by atoms with Crippen LogP contribution < -0.4 is 0 Å². The van der Waals surface area contributed by atoms with E-state index in [1.807, 2.05) is 0 Å². The first kappa shape index (κ1) is 18.9. The van der Waals surface area contributed by atoms with Gasteiger partial charge in [0.15, 0.2) is 5.79 Å². The Morgan fingerprint density at radius 2 is 1.63 bits per heavy atom. The number of hydrogen-bond acceptors (Lipinski definition) is 3. The lowest BCUT2D eigenvalue weighted by Crippen LogP contribution is -2.56. The highest BCUT2D eigenvalue weighted by Gasteiger charge is 2.62. The van der Waals surface area contributed by atoms with Crippen LogP contribution in [0.5, 0.6) is 0 Å². The third kappa shape index (κ3) is 2.63. The van der Waals surface area contributed by atoms with Crippen molar-refractivity contribution >= 4 is 0 Å². The summed E-state index contributed by atoms with van der Waals surface area (Å²) in [5, 5.41) is 9.80. The molecule has 1 aliphatic heterocycles. The summed E-state index contributed by atoms with van der Waals surface area (Å²) in [6, 6.07) is 0. The molecule has 1 heterocycles. The fourth-order valence-corrected chi connectivity index (χ4v) is 9.06. The van der Waals surface area contributed by atoms with E-state index in [2.05, 4.69) is 20.8 Å². The molecule has 3 heteroatoms. The molecule has 1 saturated heterocycles. The molecule has 0 aromatic carbocycles. The number of rotatable bonds is 2. The Morgan fingerprint density at radius 3 is 2.37 bits per heavy atom. The van der Waals surface area contributed by atoms with Gasteiger partial charge in [-0.25, -0.2) is 0 Å². The van der Waals surface area contributed by atoms with E-state index < -0.39 is 0 Å². The van der Waals surface area contributed by atoms with Crippen LogP contribution in [0.15, 0.2) is 0 Å². The van der Waals surface area contributed by atoms with Crippen molar-refractivity contribution in [2.75, 3.05) is 19.8 Å². The zero-order chi connectivity index (χ0) is 18.9. The van der Waals surface area contributed by atoms with Gasteiger partial charge in [-0.1, -0.05) is 20.8 Å². The van der Waals surface area contributed by atoms with Gasteiger partial charge in [-0.15, -0.1) is 0 Å². The van der Waals surface area contributed by atoms with E-state index in [1.54, 1.807) is 0 Å². The Balaban J connectivity index is 1.38. The molecule has 0 amide bonds. The monoisotopic (exact) mass is 376 g/mol. The minimum absolute atomic E-state index is 0.227. The van der Waals surface area contributed by atoms with Crippen molar-refractivity contribution < 1.29 is 14.6 Å². The Kier molecular flexibility index (Phi) is 4.50. The van der Waals surface area contributed by atoms with E-state index >= 15 is 0 Å². The van der Waals surface area contributed by atoms with E-state index in [9.17, 15) is 5.11 Å². The molecule has 4 saturated carbocycles. The zero-order valence-electron chi connectivity index (χ0n) is 17.7. The van der Waals surface area contributed by atoms with Crippen molar-refractivity contribution in [3.63, 3.8) is 0 Å². The first-order valence-corrected chi connectivity index (χ1v) is 11.8. The number of fused-ring (bicyclic) bond motifs is 5. The predicted molar refractivity (Wildman–Crippen MR) is 106 cm³/mol. The molecular weight excluding hydrogens is 336 g/mol. The summed E-state index contributed by atoms with van der Waals surface area (Å²) < 4.78 is 12.2. The summed E-state index contributed by atoms with van der Waals surface area (Å²) in [5.74, 6) is 4.46. The van der Waals surface area contributed by atoms with Crippen LogP contribution in [0.2, 0.25) is 0 Å². The minimum atomic E-state index is -0.227. The van der Waals surface area contributed by atoms with E-state index in [-0.39, 0.29) is 5.79 Å². The number of aliphatic hydroxyl groups is 1. The largest absolute Gasteiger partial charge is 0.396 e. The molecule has 0 radical (unpaired) electrons. The summed E-state index contributed by atoms with van der Waals surface area (Å²) in [7, 11) is 0. The molecule has 4 aliphatic carbocycles. The van der Waals surface area contributed by atoms with E-state index in [0.29, 0.717) is 23.4 Å². The quantitative estimate of drug-likeness (QED) is 0.736. The molecule has 0 aromatic rings. The van der Waals surface area contributed by atoms with Crippen LogP contribution in [0.3, 0.4) is 0 Å². The maximum Gasteiger partial charge on any atom is 0.168 e. The Labute approximate surface area is 165 Å². The van der Waals surface area contributed by atoms with Crippen LogP contribution in [0, 0.1) is 46.3 Å². The smallest absolute Gasteiger partial charge is 0.168 e. The number of aliphatic hydroxyl groups excluding tert-OH is 1. The van der Waals surface area contributed by atoms with Crippen LogP contribution in [-0.4, -0.2) is 30.7 Å². The van der Waals surface area contributed by atoms with Gasteiger partial charge in [-0.3, -0.25) is 0 Å². The summed E-state index contributed by atoms with van der Waals surface area (Å²) in [6.45, 7) is 9.44. The van der Waals surface area contributed by atoms with Gasteiger partial charge in [0.2, 0.25) is 0 Å². The Hall–Kier alpha value is -0.120. The summed E-state index contributed by atoms with van der Waals surface area (Å²) in [4.78, 5) is 0. The van der Waals surface area contributed by atoms with Crippen LogP contribution in [0.4, 0.5) is 0 Å². The molecule has 0 aromatic heterocycles. The van der Waals surface area contributed by atoms with Gasteiger partial charge in [-0.2, -0.15) is 0 Å². The van der Waals surface area contributed by atoms with E-state index in [1.165, 1.54) is 44.9 Å². The van der Waals surface area contributed by atoms with Crippen molar-refractivity contribution in [2.24, 2.45) is 46.3 Å². The topological polar surface area (TPSA) is 38.7 Å². The molecule has 5 aliphatic rings. The highest BCUT2D eigenvalue weighted by Crippen LogP contribution is 2.69. The van der Waals surface area contributed by atoms with Crippen molar-refractivity contribution in [3.8, 4) is 0 Å². The zero-order valence-corrected chi connectivity index (χ0v) is 17.7. The third-order valence-electron chi connectivity index (χ3n) is 10.5. The van der Waals surface area contributed by atoms with Crippen molar-refractivity contribution in [1.29, 1.82) is 0 Å². The van der Waals surface area contributed by atoms with Crippen LogP contribution in [-0.2, 0) is 9.47 Å². The minimum Gasteiger partial charge on any atom is -0.396 e. The maximum atomic E-state index is 9.80. The molecule has 8 atom stereocenters. The molecular formula is C24H40O3. The van der Waals surface area contributed by atoms with Gasteiger partial charge >= 0.3 is 0 Å². The molecule has 1 N–H and O–H groups in total. The molecule has 5 rings (SSSR count). The second kappa shape index (κ2) is 6.44. The van der Waals surface area contributed by atoms with Crippen LogP contribution in [0.1, 0.15) is 78.6 Å². The lowest BCUT2D eigenvalue weighted by atomic mass is 9.44. The number of ether oxygens (including phenoxy) is 2. The second-order valence-corrected chi connectivity index (χ2v) is 11.4. The first-order valence-electron chi connectivity index (χ1n) is 11.8. The highest BCUT2D eigenvalue weighted by atomic mass is 16.7. The van der Waals surface area contributed by atoms with Crippen LogP contribution in [0.25, 0.3) is 0 Å². The normalized spacial score (nSPS) is 52.2. The van der Waals surface area contributed by atoms with Gasteiger partial charge in [-0.05, 0) is 91.3 Å². The van der Waals surface area contributed by atoms with Crippen molar-refractivity contribution in [2.45, 2.75) is 84.3 Å². The Bertz CT molecular complexity index is 570. The lowest BCUT2D eigenvalue weighted by Gasteiger charge is -2.62. The number of hydrogen-bond donors (Lipinski definition) is 1. The van der Waals surface area contributed by atoms with Gasteiger partial charge in [0.1, 0.15) is 0 Å². The van der Waals surface area contributed by atoms with Gasteiger partial charge in [0.25, 0.3) is 0 Å². The van der Waals surface area contributed by atoms with Crippen molar-refractivity contribution in [3.05, 3.63) is 0 Å². The molecule has 27 heavy (non-hydrogen) atoms. The third-order valence-corrected chi connectivity index (χ3v) is 10.5. The van der Waals surface area contributed by atoms with Gasteiger partial charge < -0.3 is 14.6 Å². The lowest BCUT2D eigenvalue weighted by molar-refractivity contribution is -0.229. The van der Waals surface area contributed by atoms with Gasteiger partial charge in [0, 0.05) is 19.4 Å². The molecule has 3 unspecified atom stereocenters.